The van der Waals surface area contributed by atoms with Gasteiger partial charge in [0.2, 0.25) is 0 Å². The lowest BCUT2D eigenvalue weighted by Crippen LogP contribution is -2.41. The van der Waals surface area contributed by atoms with Gasteiger partial charge in [0.05, 0.1) is 18.7 Å². The molecule has 6 nitrogen and oxygen atoms in total. The van der Waals surface area contributed by atoms with E-state index in [9.17, 15) is 9.18 Å². The highest BCUT2D eigenvalue weighted by Crippen LogP contribution is 2.28. The van der Waals surface area contributed by atoms with Gasteiger partial charge >= 0.3 is 0 Å². The molecular weight excluding hydrogens is 359 g/mol. The van der Waals surface area contributed by atoms with Crippen LogP contribution in [-0.2, 0) is 11.8 Å². The van der Waals surface area contributed by atoms with Crippen LogP contribution in [0.4, 0.5) is 4.39 Å². The fourth-order valence-corrected chi connectivity index (χ4v) is 3.51. The predicted octanol–water partition coefficient (Wildman–Crippen LogP) is 2.44. The Labute approximate surface area is 162 Å². The Morgan fingerprint density at radius 1 is 1.21 bits per heavy atom. The van der Waals surface area contributed by atoms with Crippen LogP contribution in [0.5, 0.6) is 0 Å². The Morgan fingerprint density at radius 3 is 2.86 bits per heavy atom. The van der Waals surface area contributed by atoms with E-state index in [4.69, 9.17) is 4.74 Å². The minimum Gasteiger partial charge on any atom is -0.379 e. The molecule has 0 radical (unpaired) electrons. The quantitative estimate of drug-likeness (QED) is 0.736. The van der Waals surface area contributed by atoms with E-state index < -0.39 is 0 Å². The molecule has 1 fully saturated rings. The minimum atomic E-state index is -0.307. The molecule has 146 valence electrons. The zero-order chi connectivity index (χ0) is 19.5. The molecule has 4 rings (SSSR count). The molecule has 0 spiro atoms. The zero-order valence-electron chi connectivity index (χ0n) is 15.8. The van der Waals surface area contributed by atoms with Crippen molar-refractivity contribution in [1.29, 1.82) is 0 Å². The third kappa shape index (κ3) is 3.90. The molecule has 0 atom stereocenters. The Balaban J connectivity index is 1.50. The number of fused-ring (bicyclic) bond motifs is 1. The van der Waals surface area contributed by atoms with Crippen molar-refractivity contribution in [2.24, 2.45) is 7.05 Å². The molecule has 1 amide bonds. The van der Waals surface area contributed by atoms with Gasteiger partial charge in [0.15, 0.2) is 0 Å². The summed E-state index contributed by atoms with van der Waals surface area (Å²) in [6.07, 6.45) is 0. The average Bonchev–Trinajstić information content (AvgIpc) is 3.04. The normalized spacial score (nSPS) is 15.1. The van der Waals surface area contributed by atoms with E-state index in [2.05, 4.69) is 15.3 Å². The largest absolute Gasteiger partial charge is 0.379 e. The number of nitrogens with zero attached hydrogens (tertiary/aromatic N) is 3. The third-order valence-electron chi connectivity index (χ3n) is 5.03. The lowest BCUT2D eigenvalue weighted by Gasteiger charge is -2.26. The second-order valence-corrected chi connectivity index (χ2v) is 6.92. The topological polar surface area (TPSA) is 59.4 Å². The second kappa shape index (κ2) is 8.08. The minimum absolute atomic E-state index is 0.124. The van der Waals surface area contributed by atoms with Crippen LogP contribution < -0.4 is 5.32 Å². The molecule has 1 aliphatic rings. The van der Waals surface area contributed by atoms with Gasteiger partial charge in [-0.05, 0) is 30.3 Å². The van der Waals surface area contributed by atoms with Gasteiger partial charge in [0.25, 0.3) is 5.91 Å². The number of carbonyl (C=O) groups is 1. The van der Waals surface area contributed by atoms with Crippen molar-refractivity contribution in [3.05, 3.63) is 53.8 Å². The van der Waals surface area contributed by atoms with Gasteiger partial charge in [-0.2, -0.15) is 5.10 Å². The van der Waals surface area contributed by atoms with Gasteiger partial charge in [0, 0.05) is 49.7 Å². The van der Waals surface area contributed by atoms with Crippen LogP contribution in [0.3, 0.4) is 0 Å². The van der Waals surface area contributed by atoms with Crippen LogP contribution >= 0.6 is 0 Å². The van der Waals surface area contributed by atoms with E-state index in [0.29, 0.717) is 17.8 Å². The number of rotatable bonds is 5. The van der Waals surface area contributed by atoms with Crippen LogP contribution in [0.15, 0.2) is 42.5 Å². The molecule has 1 aliphatic heterocycles. The standard InChI is InChI=1S/C21H23FN4O2/c1-25-19-6-5-17(22)14-18(19)20(24-25)15-3-2-4-16(13-15)21(27)23-7-8-26-9-11-28-12-10-26/h2-6,13-14H,7-12H2,1H3,(H,23,27). The van der Waals surface area contributed by atoms with Gasteiger partial charge in [-0.1, -0.05) is 12.1 Å². The first-order valence-electron chi connectivity index (χ1n) is 9.43. The summed E-state index contributed by atoms with van der Waals surface area (Å²) in [6, 6.07) is 11.9. The first-order valence-corrected chi connectivity index (χ1v) is 9.43. The lowest BCUT2D eigenvalue weighted by molar-refractivity contribution is 0.0383. The molecule has 0 aliphatic carbocycles. The van der Waals surface area contributed by atoms with E-state index in [1.54, 1.807) is 22.9 Å². The number of aromatic nitrogens is 2. The highest BCUT2D eigenvalue weighted by atomic mass is 19.1. The van der Waals surface area contributed by atoms with Gasteiger partial charge in [-0.15, -0.1) is 0 Å². The van der Waals surface area contributed by atoms with Crippen molar-refractivity contribution in [2.75, 3.05) is 39.4 Å². The number of morpholine rings is 1. The summed E-state index contributed by atoms with van der Waals surface area (Å²) in [4.78, 5) is 14.8. The van der Waals surface area contributed by atoms with Crippen LogP contribution in [0.1, 0.15) is 10.4 Å². The number of nitrogens with one attached hydrogen (secondary N) is 1. The van der Waals surface area contributed by atoms with Crippen LogP contribution in [-0.4, -0.2) is 60.0 Å². The molecule has 1 N–H and O–H groups in total. The van der Waals surface area contributed by atoms with Crippen molar-refractivity contribution in [3.63, 3.8) is 0 Å². The Bertz CT molecular complexity index is 995. The number of amides is 1. The van der Waals surface area contributed by atoms with Crippen molar-refractivity contribution < 1.29 is 13.9 Å². The van der Waals surface area contributed by atoms with Crippen molar-refractivity contribution in [3.8, 4) is 11.3 Å². The summed E-state index contributed by atoms with van der Waals surface area (Å²) in [5.74, 6) is -0.430. The molecule has 0 unspecified atom stereocenters. The molecule has 0 saturated carbocycles. The molecule has 2 heterocycles. The highest BCUT2D eigenvalue weighted by molar-refractivity contribution is 5.98. The first kappa shape index (κ1) is 18.6. The van der Waals surface area contributed by atoms with E-state index in [1.807, 2.05) is 19.2 Å². The number of ether oxygens (including phenoxy) is 1. The number of hydrogen-bond acceptors (Lipinski definition) is 4. The number of hydrogen-bond donors (Lipinski definition) is 1. The van der Waals surface area contributed by atoms with Crippen LogP contribution in [0.25, 0.3) is 22.2 Å². The van der Waals surface area contributed by atoms with Crippen molar-refractivity contribution in [1.82, 2.24) is 20.0 Å². The van der Waals surface area contributed by atoms with Crippen LogP contribution in [0.2, 0.25) is 0 Å². The highest BCUT2D eigenvalue weighted by Gasteiger charge is 2.14. The average molecular weight is 382 g/mol. The lowest BCUT2D eigenvalue weighted by atomic mass is 10.0. The zero-order valence-corrected chi connectivity index (χ0v) is 15.8. The van der Waals surface area contributed by atoms with E-state index in [0.717, 1.165) is 49.3 Å². The predicted molar refractivity (Wildman–Crippen MR) is 106 cm³/mol. The van der Waals surface area contributed by atoms with Gasteiger partial charge in [0.1, 0.15) is 11.5 Å². The number of benzene rings is 2. The van der Waals surface area contributed by atoms with Gasteiger partial charge in [-0.3, -0.25) is 14.4 Å². The monoisotopic (exact) mass is 382 g/mol. The summed E-state index contributed by atoms with van der Waals surface area (Å²) in [5, 5.41) is 8.22. The molecule has 28 heavy (non-hydrogen) atoms. The van der Waals surface area contributed by atoms with E-state index >= 15 is 0 Å². The molecule has 1 saturated heterocycles. The van der Waals surface area contributed by atoms with E-state index in [-0.39, 0.29) is 11.7 Å². The fourth-order valence-electron chi connectivity index (χ4n) is 3.51. The Morgan fingerprint density at radius 2 is 2.04 bits per heavy atom. The second-order valence-electron chi connectivity index (χ2n) is 6.92. The molecule has 7 heteroatoms. The maximum absolute atomic E-state index is 13.7. The summed E-state index contributed by atoms with van der Waals surface area (Å²) < 4.78 is 20.8. The maximum Gasteiger partial charge on any atom is 0.251 e. The third-order valence-corrected chi connectivity index (χ3v) is 5.03. The molecule has 3 aromatic rings. The van der Waals surface area contributed by atoms with Gasteiger partial charge < -0.3 is 10.1 Å². The number of aryl methyl sites for hydroxylation is 1. The summed E-state index contributed by atoms with van der Waals surface area (Å²) >= 11 is 0. The summed E-state index contributed by atoms with van der Waals surface area (Å²) in [7, 11) is 1.83. The first-order chi connectivity index (χ1) is 13.6. The summed E-state index contributed by atoms with van der Waals surface area (Å²) in [5.41, 5.74) is 2.86. The number of halogens is 1. The van der Waals surface area contributed by atoms with Crippen LogP contribution in [0, 0.1) is 5.82 Å². The molecule has 2 aromatic carbocycles. The van der Waals surface area contributed by atoms with Crippen molar-refractivity contribution in [2.45, 2.75) is 0 Å². The fraction of sp³-hybridized carbons (Fsp3) is 0.333. The maximum atomic E-state index is 13.7. The van der Waals surface area contributed by atoms with Crippen molar-refractivity contribution >= 4 is 16.8 Å². The number of carbonyl (C=O) groups excluding carboxylic acids is 1. The molecular formula is C21H23FN4O2. The Kier molecular flexibility index (Phi) is 5.36. The van der Waals surface area contributed by atoms with Gasteiger partial charge in [-0.25, -0.2) is 4.39 Å². The molecule has 1 aromatic heterocycles. The smallest absolute Gasteiger partial charge is 0.251 e. The van der Waals surface area contributed by atoms with E-state index in [1.165, 1.54) is 12.1 Å². The molecule has 0 bridgehead atoms. The Hall–Kier alpha value is -2.77. The summed E-state index contributed by atoms with van der Waals surface area (Å²) in [6.45, 7) is 4.67. The SMILES string of the molecule is Cn1nc(-c2cccc(C(=O)NCCN3CCOCC3)c2)c2cc(F)ccc21.